The molecule has 3 aromatic heterocycles. The second kappa shape index (κ2) is 6.91. The molecule has 1 aliphatic rings. The van der Waals surface area contributed by atoms with Gasteiger partial charge in [-0.2, -0.15) is 14.3 Å². The monoisotopic (exact) mass is 467 g/mol. The molecule has 10 heteroatoms. The summed E-state index contributed by atoms with van der Waals surface area (Å²) in [5, 5.41) is 20.4. The molecule has 9 nitrogen and oxygen atoms in total. The first-order chi connectivity index (χ1) is 14.5. The molecule has 1 N–H and O–H groups in total. The molecule has 5 rings (SSSR count). The Hall–Kier alpha value is -3.27. The summed E-state index contributed by atoms with van der Waals surface area (Å²) in [4.78, 5) is 12.6. The minimum absolute atomic E-state index is 0.0675. The molecule has 0 saturated heterocycles. The number of halogens is 1. The van der Waals surface area contributed by atoms with Crippen molar-refractivity contribution in [2.45, 2.75) is 26.2 Å². The summed E-state index contributed by atoms with van der Waals surface area (Å²) in [6, 6.07) is 9.52. The number of fused-ring (bicyclic) bond motifs is 2. The molecule has 0 unspecified atom stereocenters. The zero-order valence-corrected chi connectivity index (χ0v) is 18.1. The minimum Gasteiger partial charge on any atom is -0.496 e. The zero-order valence-electron chi connectivity index (χ0n) is 16.5. The maximum atomic E-state index is 12.6. The fourth-order valence-corrected chi connectivity index (χ4v) is 4.45. The second-order valence-electron chi connectivity index (χ2n) is 7.17. The summed E-state index contributed by atoms with van der Waals surface area (Å²) < 4.78 is 9.51. The number of amides is 1. The van der Waals surface area contributed by atoms with Crippen LogP contribution in [0, 0.1) is 13.8 Å². The van der Waals surface area contributed by atoms with Gasteiger partial charge < -0.3 is 10.1 Å². The van der Waals surface area contributed by atoms with Crippen molar-refractivity contribution in [2.75, 3.05) is 12.4 Å². The van der Waals surface area contributed by atoms with Crippen LogP contribution in [0.25, 0.3) is 11.5 Å². The van der Waals surface area contributed by atoms with Gasteiger partial charge in [-0.05, 0) is 59.6 Å². The molecule has 1 amide bonds. The Morgan fingerprint density at radius 3 is 2.77 bits per heavy atom. The summed E-state index contributed by atoms with van der Waals surface area (Å²) in [5.74, 6) is 2.44. The summed E-state index contributed by atoms with van der Waals surface area (Å²) >= 11 is 3.54. The lowest BCUT2D eigenvalue weighted by atomic mass is 9.86. The lowest BCUT2D eigenvalue weighted by Crippen LogP contribution is -2.25. The van der Waals surface area contributed by atoms with Crippen LogP contribution in [0.2, 0.25) is 0 Å². The molecule has 152 valence electrons. The predicted octanol–water partition coefficient (Wildman–Crippen LogP) is 3.17. The lowest BCUT2D eigenvalue weighted by Gasteiger charge is -2.24. The molecular weight excluding hydrogens is 450 g/mol. The molecule has 0 aliphatic carbocycles. The number of nitrogens with one attached hydrogen (secondary N) is 1. The van der Waals surface area contributed by atoms with Crippen molar-refractivity contribution in [3.05, 3.63) is 57.4 Å². The number of benzene rings is 1. The van der Waals surface area contributed by atoms with Crippen LogP contribution >= 0.6 is 15.9 Å². The molecular formula is C20H18BrN7O2. The van der Waals surface area contributed by atoms with Crippen LogP contribution in [0.4, 0.5) is 5.82 Å². The number of hydrogen-bond acceptors (Lipinski definition) is 6. The number of anilines is 1. The van der Waals surface area contributed by atoms with E-state index >= 15 is 0 Å². The largest absolute Gasteiger partial charge is 0.496 e. The third kappa shape index (κ3) is 2.86. The fraction of sp³-hybridized carbons (Fsp3) is 0.250. The van der Waals surface area contributed by atoms with Gasteiger partial charge in [-0.3, -0.25) is 4.79 Å². The van der Waals surface area contributed by atoms with E-state index in [0.717, 1.165) is 27.0 Å². The Morgan fingerprint density at radius 2 is 2.00 bits per heavy atom. The van der Waals surface area contributed by atoms with Gasteiger partial charge in [0.15, 0.2) is 17.3 Å². The highest BCUT2D eigenvalue weighted by Gasteiger charge is 2.33. The number of hydrogen-bond donors (Lipinski definition) is 1. The van der Waals surface area contributed by atoms with Crippen LogP contribution in [0.5, 0.6) is 5.75 Å². The Bertz CT molecular complexity index is 1310. The standard InChI is InChI=1S/C20H18BrN7O2/c1-10-19-13(12-4-5-15(30-3)14(21)8-12)9-18(29)22-20(19)28(25-10)17-7-6-16-24-23-11(2)27(16)26-17/h4-8,13H,9H2,1-3H3,(H,22,29)/t13-/m0/s1. The van der Waals surface area contributed by atoms with Crippen LogP contribution < -0.4 is 10.1 Å². The van der Waals surface area contributed by atoms with Gasteiger partial charge in [-0.1, -0.05) is 6.07 Å². The number of methoxy groups -OCH3 is 1. The number of carbonyl (C=O) groups is 1. The van der Waals surface area contributed by atoms with E-state index in [0.29, 0.717) is 29.5 Å². The Labute approximate surface area is 180 Å². The number of carbonyl (C=O) groups excluding carboxylic acids is 1. The van der Waals surface area contributed by atoms with E-state index < -0.39 is 0 Å². The summed E-state index contributed by atoms with van der Waals surface area (Å²) in [6.07, 6.45) is 0.343. The van der Waals surface area contributed by atoms with E-state index in [2.05, 4.69) is 36.5 Å². The molecule has 1 aromatic carbocycles. The highest BCUT2D eigenvalue weighted by molar-refractivity contribution is 9.10. The van der Waals surface area contributed by atoms with Crippen LogP contribution in [-0.2, 0) is 4.79 Å². The number of aromatic nitrogens is 6. The maximum Gasteiger partial charge on any atom is 0.226 e. The molecule has 30 heavy (non-hydrogen) atoms. The maximum absolute atomic E-state index is 12.6. The van der Waals surface area contributed by atoms with Gasteiger partial charge in [0.2, 0.25) is 5.91 Å². The smallest absolute Gasteiger partial charge is 0.226 e. The van der Waals surface area contributed by atoms with Crippen molar-refractivity contribution in [3.63, 3.8) is 0 Å². The highest BCUT2D eigenvalue weighted by Crippen LogP contribution is 2.41. The predicted molar refractivity (Wildman–Crippen MR) is 113 cm³/mol. The van der Waals surface area contributed by atoms with Crippen LogP contribution in [0.1, 0.15) is 35.0 Å². The average Bonchev–Trinajstić information content (AvgIpc) is 3.27. The first-order valence-corrected chi connectivity index (χ1v) is 10.2. The van der Waals surface area contributed by atoms with Gasteiger partial charge in [0.05, 0.1) is 17.3 Å². The van der Waals surface area contributed by atoms with E-state index in [1.54, 1.807) is 16.3 Å². The summed E-state index contributed by atoms with van der Waals surface area (Å²) in [7, 11) is 1.63. The lowest BCUT2D eigenvalue weighted by molar-refractivity contribution is -0.116. The normalized spacial score (nSPS) is 15.9. The van der Waals surface area contributed by atoms with Crippen molar-refractivity contribution in [1.82, 2.24) is 29.6 Å². The van der Waals surface area contributed by atoms with E-state index in [-0.39, 0.29) is 11.8 Å². The van der Waals surface area contributed by atoms with Gasteiger partial charge in [0, 0.05) is 17.9 Å². The molecule has 1 atom stereocenters. The Morgan fingerprint density at radius 1 is 1.17 bits per heavy atom. The topological polar surface area (TPSA) is 99.2 Å². The van der Waals surface area contributed by atoms with Gasteiger partial charge in [-0.15, -0.1) is 15.3 Å². The molecule has 0 saturated carbocycles. The third-order valence-electron chi connectivity index (χ3n) is 5.30. The fourth-order valence-electron chi connectivity index (χ4n) is 3.90. The minimum atomic E-state index is -0.120. The average molecular weight is 468 g/mol. The molecule has 1 aliphatic heterocycles. The van der Waals surface area contributed by atoms with Gasteiger partial charge in [0.25, 0.3) is 0 Å². The Kier molecular flexibility index (Phi) is 4.31. The van der Waals surface area contributed by atoms with E-state index in [4.69, 9.17) is 9.84 Å². The molecule has 0 bridgehead atoms. The quantitative estimate of drug-likeness (QED) is 0.496. The van der Waals surface area contributed by atoms with Crippen LogP contribution in [-0.4, -0.2) is 42.6 Å². The highest BCUT2D eigenvalue weighted by atomic mass is 79.9. The third-order valence-corrected chi connectivity index (χ3v) is 5.92. The van der Waals surface area contributed by atoms with Gasteiger partial charge in [0.1, 0.15) is 11.6 Å². The SMILES string of the molecule is COc1ccc([C@@H]2CC(=O)Nc3c2c(C)nn3-c2ccc3nnc(C)n3n2)cc1Br. The molecule has 0 spiro atoms. The Balaban J connectivity index is 1.66. The number of nitrogens with zero attached hydrogens (tertiary/aromatic N) is 6. The van der Waals surface area contributed by atoms with Crippen molar-refractivity contribution in [2.24, 2.45) is 0 Å². The summed E-state index contributed by atoms with van der Waals surface area (Å²) in [5.41, 5.74) is 3.48. The molecule has 0 radical (unpaired) electrons. The number of ether oxygens (including phenoxy) is 1. The van der Waals surface area contributed by atoms with E-state index in [1.165, 1.54) is 0 Å². The molecule has 4 heterocycles. The van der Waals surface area contributed by atoms with E-state index in [9.17, 15) is 4.79 Å². The van der Waals surface area contributed by atoms with Crippen LogP contribution in [0.3, 0.4) is 0 Å². The first kappa shape index (κ1) is 18.7. The number of aryl methyl sites for hydroxylation is 2. The van der Waals surface area contributed by atoms with E-state index in [1.807, 2.05) is 44.2 Å². The molecule has 4 aromatic rings. The zero-order chi connectivity index (χ0) is 21.0. The van der Waals surface area contributed by atoms with Crippen molar-refractivity contribution in [3.8, 4) is 11.6 Å². The number of rotatable bonds is 3. The van der Waals surface area contributed by atoms with Gasteiger partial charge in [-0.25, -0.2) is 0 Å². The molecule has 0 fully saturated rings. The van der Waals surface area contributed by atoms with Crippen molar-refractivity contribution < 1.29 is 9.53 Å². The van der Waals surface area contributed by atoms with Crippen LogP contribution in [0.15, 0.2) is 34.8 Å². The van der Waals surface area contributed by atoms with Crippen molar-refractivity contribution in [1.29, 1.82) is 0 Å². The summed E-state index contributed by atoms with van der Waals surface area (Å²) in [6.45, 7) is 3.78. The second-order valence-corrected chi connectivity index (χ2v) is 8.02. The van der Waals surface area contributed by atoms with Crippen molar-refractivity contribution >= 4 is 33.3 Å². The van der Waals surface area contributed by atoms with Gasteiger partial charge >= 0.3 is 0 Å². The first-order valence-electron chi connectivity index (χ1n) is 9.38.